The largest absolute Gasteiger partial charge is 0.463 e. The molecule has 4 aromatic heterocycles. The van der Waals surface area contributed by atoms with Gasteiger partial charge in [-0.1, -0.05) is 11.6 Å². The first-order valence-corrected chi connectivity index (χ1v) is 7.40. The number of carbonyl (C=O) groups excluding carboxylic acids is 1. The average molecular weight is 340 g/mol. The summed E-state index contributed by atoms with van der Waals surface area (Å²) in [6.45, 7) is 0. The van der Waals surface area contributed by atoms with Crippen LogP contribution in [0.3, 0.4) is 0 Å². The van der Waals surface area contributed by atoms with Crippen molar-refractivity contribution >= 4 is 28.8 Å². The van der Waals surface area contributed by atoms with E-state index < -0.39 is 0 Å². The Labute approximate surface area is 140 Å². The van der Waals surface area contributed by atoms with Crippen molar-refractivity contribution in [3.05, 3.63) is 65.9 Å². The second kappa shape index (κ2) is 5.78. The molecule has 7 nitrogen and oxygen atoms in total. The molecule has 0 radical (unpaired) electrons. The third-order valence-electron chi connectivity index (χ3n) is 3.43. The molecule has 0 spiro atoms. The maximum atomic E-state index is 12.5. The van der Waals surface area contributed by atoms with Crippen LogP contribution in [0.15, 0.2) is 59.6 Å². The topological polar surface area (TPSA) is 85.3 Å². The van der Waals surface area contributed by atoms with E-state index in [0.29, 0.717) is 28.4 Å². The van der Waals surface area contributed by atoms with Gasteiger partial charge < -0.3 is 9.73 Å². The molecular formula is C16H10ClN5O2. The molecule has 0 unspecified atom stereocenters. The Morgan fingerprint density at radius 3 is 2.88 bits per heavy atom. The zero-order chi connectivity index (χ0) is 16.5. The quantitative estimate of drug-likeness (QED) is 0.579. The highest BCUT2D eigenvalue weighted by Gasteiger charge is 2.18. The summed E-state index contributed by atoms with van der Waals surface area (Å²) in [6, 6.07) is 8.71. The van der Waals surface area contributed by atoms with Crippen molar-refractivity contribution in [1.82, 2.24) is 19.6 Å². The van der Waals surface area contributed by atoms with Crippen LogP contribution in [0.1, 0.15) is 10.4 Å². The summed E-state index contributed by atoms with van der Waals surface area (Å²) in [5, 5.41) is 7.17. The van der Waals surface area contributed by atoms with Gasteiger partial charge in [0.25, 0.3) is 5.91 Å². The van der Waals surface area contributed by atoms with Crippen molar-refractivity contribution in [1.29, 1.82) is 0 Å². The molecule has 4 heterocycles. The summed E-state index contributed by atoms with van der Waals surface area (Å²) in [5.74, 6) is 0.261. The number of nitrogens with zero attached hydrogens (tertiary/aromatic N) is 4. The van der Waals surface area contributed by atoms with Gasteiger partial charge >= 0.3 is 0 Å². The minimum absolute atomic E-state index is 0.214. The van der Waals surface area contributed by atoms with Crippen LogP contribution in [0, 0.1) is 0 Å². The van der Waals surface area contributed by atoms with Gasteiger partial charge in [-0.3, -0.25) is 4.79 Å². The first kappa shape index (κ1) is 14.4. The third kappa shape index (κ3) is 2.40. The van der Waals surface area contributed by atoms with Gasteiger partial charge in [0.1, 0.15) is 11.3 Å². The molecule has 1 N–H and O–H groups in total. The molecule has 4 rings (SSSR count). The molecule has 4 aromatic rings. The third-order valence-corrected chi connectivity index (χ3v) is 3.73. The lowest BCUT2D eigenvalue weighted by molar-refractivity contribution is 0.102. The number of anilines is 1. The fourth-order valence-corrected chi connectivity index (χ4v) is 2.50. The molecule has 118 valence electrons. The van der Waals surface area contributed by atoms with Crippen molar-refractivity contribution in [2.24, 2.45) is 0 Å². The van der Waals surface area contributed by atoms with Crippen LogP contribution < -0.4 is 5.32 Å². The highest BCUT2D eigenvalue weighted by molar-refractivity contribution is 6.32. The maximum Gasteiger partial charge on any atom is 0.261 e. The number of carbonyl (C=O) groups is 1. The van der Waals surface area contributed by atoms with Gasteiger partial charge in [0, 0.05) is 12.4 Å². The lowest BCUT2D eigenvalue weighted by atomic mass is 10.3. The highest BCUT2D eigenvalue weighted by atomic mass is 35.5. The van der Waals surface area contributed by atoms with Crippen molar-refractivity contribution in [2.75, 3.05) is 5.32 Å². The zero-order valence-corrected chi connectivity index (χ0v) is 12.9. The predicted molar refractivity (Wildman–Crippen MR) is 87.9 cm³/mol. The van der Waals surface area contributed by atoms with Crippen molar-refractivity contribution in [2.45, 2.75) is 0 Å². The Hall–Kier alpha value is -3.19. The van der Waals surface area contributed by atoms with Crippen LogP contribution in [-0.4, -0.2) is 25.5 Å². The summed E-state index contributed by atoms with van der Waals surface area (Å²) in [7, 11) is 0. The number of amides is 1. The Kier molecular flexibility index (Phi) is 3.47. The minimum atomic E-state index is -0.371. The van der Waals surface area contributed by atoms with Gasteiger partial charge in [-0.05, 0) is 30.3 Å². The molecule has 0 aromatic carbocycles. The smallest absolute Gasteiger partial charge is 0.261 e. The number of aromatic nitrogens is 4. The molecule has 0 saturated heterocycles. The molecule has 0 atom stereocenters. The zero-order valence-electron chi connectivity index (χ0n) is 12.2. The summed E-state index contributed by atoms with van der Waals surface area (Å²) in [6.07, 6.45) is 6.17. The van der Waals surface area contributed by atoms with Gasteiger partial charge in [-0.15, -0.1) is 0 Å². The Morgan fingerprint density at radius 2 is 2.08 bits per heavy atom. The standard InChI is InChI=1S/C16H10ClN5O2/c17-14-11(3-1-6-18-14)21-16(23)10-9-20-22-12(5-7-19-15(10)22)13-4-2-8-24-13/h1-9H,(H,21,23). The van der Waals surface area contributed by atoms with Crippen LogP contribution in [-0.2, 0) is 0 Å². The van der Waals surface area contributed by atoms with Crippen molar-refractivity contribution < 1.29 is 9.21 Å². The summed E-state index contributed by atoms with van der Waals surface area (Å²) >= 11 is 5.97. The number of rotatable bonds is 3. The Morgan fingerprint density at radius 1 is 1.17 bits per heavy atom. The molecule has 1 amide bonds. The van der Waals surface area contributed by atoms with Crippen LogP contribution in [0.4, 0.5) is 5.69 Å². The van der Waals surface area contributed by atoms with Gasteiger partial charge in [0.2, 0.25) is 0 Å². The Bertz CT molecular complexity index is 1030. The molecule has 0 fully saturated rings. The number of hydrogen-bond donors (Lipinski definition) is 1. The SMILES string of the molecule is O=C(Nc1cccnc1Cl)c1cnn2c(-c3ccco3)ccnc12. The lowest BCUT2D eigenvalue weighted by Gasteiger charge is -2.05. The number of pyridine rings is 1. The van der Waals surface area contributed by atoms with E-state index in [4.69, 9.17) is 16.0 Å². The number of nitrogens with one attached hydrogen (secondary N) is 1. The van der Waals surface area contributed by atoms with Crippen LogP contribution >= 0.6 is 11.6 Å². The van der Waals surface area contributed by atoms with Crippen LogP contribution in [0.2, 0.25) is 5.15 Å². The molecule has 0 aliphatic carbocycles. The molecule has 0 saturated carbocycles. The van der Waals surface area contributed by atoms with E-state index in [0.717, 1.165) is 0 Å². The Balaban J connectivity index is 1.74. The normalized spacial score (nSPS) is 10.9. The second-order valence-electron chi connectivity index (χ2n) is 4.90. The van der Waals surface area contributed by atoms with Crippen LogP contribution in [0.25, 0.3) is 17.1 Å². The highest BCUT2D eigenvalue weighted by Crippen LogP contribution is 2.23. The number of furan rings is 1. The average Bonchev–Trinajstić information content (AvgIpc) is 3.26. The second-order valence-corrected chi connectivity index (χ2v) is 5.25. The molecule has 0 aliphatic rings. The summed E-state index contributed by atoms with van der Waals surface area (Å²) < 4.78 is 6.95. The summed E-state index contributed by atoms with van der Waals surface area (Å²) in [4.78, 5) is 20.7. The summed E-state index contributed by atoms with van der Waals surface area (Å²) in [5.41, 5.74) is 1.86. The van der Waals surface area contributed by atoms with Gasteiger partial charge in [0.05, 0.1) is 18.1 Å². The first-order valence-electron chi connectivity index (χ1n) is 7.02. The number of halogens is 1. The van der Waals surface area contributed by atoms with Crippen molar-refractivity contribution in [3.8, 4) is 11.5 Å². The fourth-order valence-electron chi connectivity index (χ4n) is 2.33. The van der Waals surface area contributed by atoms with Crippen molar-refractivity contribution in [3.63, 3.8) is 0 Å². The molecule has 24 heavy (non-hydrogen) atoms. The first-order chi connectivity index (χ1) is 11.7. The van der Waals surface area contributed by atoms with Gasteiger partial charge in [-0.2, -0.15) is 5.10 Å². The minimum Gasteiger partial charge on any atom is -0.463 e. The molecular weight excluding hydrogens is 330 g/mol. The van der Waals surface area contributed by atoms with Gasteiger partial charge in [0.15, 0.2) is 16.6 Å². The van der Waals surface area contributed by atoms with E-state index >= 15 is 0 Å². The number of hydrogen-bond acceptors (Lipinski definition) is 5. The lowest BCUT2D eigenvalue weighted by Crippen LogP contribution is -2.12. The van der Waals surface area contributed by atoms with E-state index in [-0.39, 0.29) is 11.1 Å². The molecule has 8 heteroatoms. The number of fused-ring (bicyclic) bond motifs is 1. The monoisotopic (exact) mass is 339 g/mol. The van der Waals surface area contributed by atoms with E-state index in [9.17, 15) is 4.79 Å². The molecule has 0 aliphatic heterocycles. The van der Waals surface area contributed by atoms with E-state index in [1.807, 2.05) is 6.07 Å². The fraction of sp³-hybridized carbons (Fsp3) is 0. The molecule has 0 bridgehead atoms. The van der Waals surface area contributed by atoms with E-state index in [1.165, 1.54) is 6.20 Å². The predicted octanol–water partition coefficient (Wildman–Crippen LogP) is 3.29. The van der Waals surface area contributed by atoms with E-state index in [2.05, 4.69) is 20.4 Å². The van der Waals surface area contributed by atoms with E-state index in [1.54, 1.807) is 47.4 Å². The maximum absolute atomic E-state index is 12.5. The van der Waals surface area contributed by atoms with Gasteiger partial charge in [-0.25, -0.2) is 14.5 Å². The van der Waals surface area contributed by atoms with Crippen LogP contribution in [0.5, 0.6) is 0 Å².